The minimum absolute atomic E-state index is 0.00350. The Labute approximate surface area is 103 Å². The molecule has 2 amide bonds. The number of amides is 2. The van der Waals surface area contributed by atoms with Crippen molar-refractivity contribution in [3.05, 3.63) is 0 Å². The van der Waals surface area contributed by atoms with Crippen LogP contribution in [0.4, 0.5) is 0 Å². The second-order valence-corrected chi connectivity index (χ2v) is 5.48. The first kappa shape index (κ1) is 12.4. The topological polar surface area (TPSA) is 58.2 Å². The Morgan fingerprint density at radius 1 is 1.47 bits per heavy atom. The fourth-order valence-corrected chi connectivity index (χ4v) is 2.99. The van der Waals surface area contributed by atoms with Gasteiger partial charge in [0.1, 0.15) is 0 Å². The lowest BCUT2D eigenvalue weighted by atomic mass is 9.83. The number of hydrogen-bond acceptors (Lipinski definition) is 2. The van der Waals surface area contributed by atoms with Crippen molar-refractivity contribution < 1.29 is 9.59 Å². The van der Waals surface area contributed by atoms with Gasteiger partial charge in [0.05, 0.1) is 5.92 Å². The van der Waals surface area contributed by atoms with Gasteiger partial charge in [0.25, 0.3) is 0 Å². The van der Waals surface area contributed by atoms with Gasteiger partial charge in [-0.05, 0) is 24.7 Å². The van der Waals surface area contributed by atoms with E-state index in [1.54, 1.807) is 0 Å². The molecule has 4 heteroatoms. The Bertz CT molecular complexity index is 309. The molecular formula is C13H22N2O2. The molecule has 2 fully saturated rings. The molecule has 0 aromatic rings. The molecule has 1 saturated heterocycles. The SMILES string of the molecule is CCC1(CNC(=O)C2CNC(=O)C2)CCCC1. The average Bonchev–Trinajstić information content (AvgIpc) is 2.95. The minimum atomic E-state index is -0.155. The molecule has 1 atom stereocenters. The molecule has 96 valence electrons. The molecular weight excluding hydrogens is 216 g/mol. The third kappa shape index (κ3) is 2.79. The van der Waals surface area contributed by atoms with Gasteiger partial charge in [-0.2, -0.15) is 0 Å². The van der Waals surface area contributed by atoms with Crippen LogP contribution in [-0.4, -0.2) is 24.9 Å². The summed E-state index contributed by atoms with van der Waals surface area (Å²) in [5.41, 5.74) is 0.325. The van der Waals surface area contributed by atoms with Crippen molar-refractivity contribution in [3.63, 3.8) is 0 Å². The summed E-state index contributed by atoms with van der Waals surface area (Å²) in [5, 5.41) is 5.75. The highest BCUT2D eigenvalue weighted by Gasteiger charge is 2.34. The maximum atomic E-state index is 11.9. The van der Waals surface area contributed by atoms with E-state index < -0.39 is 0 Å². The highest BCUT2D eigenvalue weighted by Crippen LogP contribution is 2.40. The first-order valence-electron chi connectivity index (χ1n) is 6.70. The van der Waals surface area contributed by atoms with E-state index in [2.05, 4.69) is 17.6 Å². The molecule has 1 heterocycles. The van der Waals surface area contributed by atoms with Gasteiger partial charge in [-0.1, -0.05) is 19.8 Å². The molecule has 2 aliphatic rings. The summed E-state index contributed by atoms with van der Waals surface area (Å²) in [6, 6.07) is 0. The highest BCUT2D eigenvalue weighted by atomic mass is 16.2. The van der Waals surface area contributed by atoms with Crippen LogP contribution in [-0.2, 0) is 9.59 Å². The first-order valence-corrected chi connectivity index (χ1v) is 6.70. The number of nitrogens with one attached hydrogen (secondary N) is 2. The van der Waals surface area contributed by atoms with Crippen molar-refractivity contribution in [1.29, 1.82) is 0 Å². The van der Waals surface area contributed by atoms with Crippen LogP contribution in [0.25, 0.3) is 0 Å². The number of hydrogen-bond donors (Lipinski definition) is 2. The van der Waals surface area contributed by atoms with E-state index in [9.17, 15) is 9.59 Å². The number of carbonyl (C=O) groups is 2. The average molecular weight is 238 g/mol. The minimum Gasteiger partial charge on any atom is -0.355 e. The lowest BCUT2D eigenvalue weighted by molar-refractivity contribution is -0.126. The molecule has 1 aliphatic carbocycles. The van der Waals surface area contributed by atoms with Crippen molar-refractivity contribution in [3.8, 4) is 0 Å². The Balaban J connectivity index is 1.81. The fourth-order valence-electron chi connectivity index (χ4n) is 2.99. The Kier molecular flexibility index (Phi) is 3.69. The Morgan fingerprint density at radius 2 is 2.18 bits per heavy atom. The van der Waals surface area contributed by atoms with Gasteiger partial charge in [0.2, 0.25) is 11.8 Å². The van der Waals surface area contributed by atoms with Crippen molar-refractivity contribution >= 4 is 11.8 Å². The second kappa shape index (κ2) is 5.07. The molecule has 1 saturated carbocycles. The normalized spacial score (nSPS) is 26.9. The van der Waals surface area contributed by atoms with Gasteiger partial charge in [-0.3, -0.25) is 9.59 Å². The van der Waals surface area contributed by atoms with E-state index in [0.717, 1.165) is 13.0 Å². The molecule has 2 N–H and O–H groups in total. The van der Waals surface area contributed by atoms with Crippen LogP contribution in [0.2, 0.25) is 0 Å². The fraction of sp³-hybridized carbons (Fsp3) is 0.846. The Hall–Kier alpha value is -1.06. The first-order chi connectivity index (χ1) is 8.15. The molecule has 4 nitrogen and oxygen atoms in total. The van der Waals surface area contributed by atoms with Crippen molar-refractivity contribution in [2.45, 2.75) is 45.4 Å². The molecule has 1 unspecified atom stereocenters. The summed E-state index contributed by atoms with van der Waals surface area (Å²) < 4.78 is 0. The number of rotatable bonds is 4. The quantitative estimate of drug-likeness (QED) is 0.773. The van der Waals surface area contributed by atoms with Crippen LogP contribution in [0.3, 0.4) is 0 Å². The third-order valence-electron chi connectivity index (χ3n) is 4.40. The highest BCUT2D eigenvalue weighted by molar-refractivity contribution is 5.89. The predicted molar refractivity (Wildman–Crippen MR) is 65.3 cm³/mol. The van der Waals surface area contributed by atoms with E-state index in [1.165, 1.54) is 25.7 Å². The molecule has 2 rings (SSSR count). The number of carbonyl (C=O) groups excluding carboxylic acids is 2. The molecule has 0 bridgehead atoms. The zero-order valence-electron chi connectivity index (χ0n) is 10.6. The molecule has 17 heavy (non-hydrogen) atoms. The summed E-state index contributed by atoms with van der Waals surface area (Å²) in [6.07, 6.45) is 6.51. The van der Waals surface area contributed by atoms with Crippen LogP contribution >= 0.6 is 0 Å². The van der Waals surface area contributed by atoms with Crippen molar-refractivity contribution in [2.24, 2.45) is 11.3 Å². The van der Waals surface area contributed by atoms with Gasteiger partial charge >= 0.3 is 0 Å². The zero-order chi connectivity index (χ0) is 12.3. The second-order valence-electron chi connectivity index (χ2n) is 5.48. The van der Waals surface area contributed by atoms with Gasteiger partial charge in [0.15, 0.2) is 0 Å². The lowest BCUT2D eigenvalue weighted by Crippen LogP contribution is -2.39. The maximum absolute atomic E-state index is 11.9. The molecule has 0 radical (unpaired) electrons. The maximum Gasteiger partial charge on any atom is 0.225 e. The van der Waals surface area contributed by atoms with Gasteiger partial charge in [-0.25, -0.2) is 0 Å². The van der Waals surface area contributed by atoms with Crippen molar-refractivity contribution in [2.75, 3.05) is 13.1 Å². The summed E-state index contributed by atoms with van der Waals surface area (Å²) in [6.45, 7) is 3.49. The molecule has 1 aliphatic heterocycles. The lowest BCUT2D eigenvalue weighted by Gasteiger charge is -2.28. The third-order valence-corrected chi connectivity index (χ3v) is 4.40. The van der Waals surface area contributed by atoms with E-state index in [-0.39, 0.29) is 17.7 Å². The van der Waals surface area contributed by atoms with Crippen LogP contribution < -0.4 is 10.6 Å². The summed E-state index contributed by atoms with van der Waals surface area (Å²) in [7, 11) is 0. The van der Waals surface area contributed by atoms with Crippen LogP contribution in [0, 0.1) is 11.3 Å². The van der Waals surface area contributed by atoms with Gasteiger partial charge < -0.3 is 10.6 Å². The van der Waals surface area contributed by atoms with E-state index >= 15 is 0 Å². The summed E-state index contributed by atoms with van der Waals surface area (Å²) >= 11 is 0. The van der Waals surface area contributed by atoms with Gasteiger partial charge in [-0.15, -0.1) is 0 Å². The Morgan fingerprint density at radius 3 is 2.71 bits per heavy atom. The predicted octanol–water partition coefficient (Wildman–Crippen LogP) is 1.21. The van der Waals surface area contributed by atoms with E-state index in [4.69, 9.17) is 0 Å². The van der Waals surface area contributed by atoms with Gasteiger partial charge in [0, 0.05) is 19.5 Å². The molecule has 0 spiro atoms. The van der Waals surface area contributed by atoms with Crippen LogP contribution in [0.15, 0.2) is 0 Å². The van der Waals surface area contributed by atoms with E-state index in [1.807, 2.05) is 0 Å². The summed E-state index contributed by atoms with van der Waals surface area (Å²) in [5.74, 6) is -0.114. The zero-order valence-corrected chi connectivity index (χ0v) is 10.6. The monoisotopic (exact) mass is 238 g/mol. The largest absolute Gasteiger partial charge is 0.355 e. The smallest absolute Gasteiger partial charge is 0.225 e. The van der Waals surface area contributed by atoms with E-state index in [0.29, 0.717) is 18.4 Å². The standard InChI is InChI=1S/C13H22N2O2/c1-2-13(5-3-4-6-13)9-15-12(17)10-7-11(16)14-8-10/h10H,2-9H2,1H3,(H,14,16)(H,15,17). The van der Waals surface area contributed by atoms with Crippen LogP contribution in [0.1, 0.15) is 45.4 Å². The van der Waals surface area contributed by atoms with Crippen molar-refractivity contribution in [1.82, 2.24) is 10.6 Å². The summed E-state index contributed by atoms with van der Waals surface area (Å²) in [4.78, 5) is 22.9. The molecule has 0 aromatic carbocycles. The van der Waals surface area contributed by atoms with Crippen LogP contribution in [0.5, 0.6) is 0 Å². The molecule has 0 aromatic heterocycles.